The minimum Gasteiger partial charge on any atom is -0.387 e. The highest BCUT2D eigenvalue weighted by atomic mass is 19.4. The summed E-state index contributed by atoms with van der Waals surface area (Å²) in [7, 11) is 0. The smallest absolute Gasteiger partial charge is 0.387 e. The summed E-state index contributed by atoms with van der Waals surface area (Å²) >= 11 is 0. The Bertz CT molecular complexity index is 641. The van der Waals surface area contributed by atoms with Crippen molar-refractivity contribution < 1.29 is 23.1 Å². The van der Waals surface area contributed by atoms with E-state index in [4.69, 9.17) is 0 Å². The van der Waals surface area contributed by atoms with Gasteiger partial charge in [-0.05, 0) is 29.8 Å². The van der Waals surface area contributed by atoms with Gasteiger partial charge in [0.1, 0.15) is 0 Å². The molecule has 0 aliphatic rings. The lowest BCUT2D eigenvalue weighted by Gasteiger charge is -2.14. The zero-order valence-electron chi connectivity index (χ0n) is 11.5. The van der Waals surface area contributed by atoms with Gasteiger partial charge < -0.3 is 10.4 Å². The van der Waals surface area contributed by atoms with Gasteiger partial charge in [-0.3, -0.25) is 4.79 Å². The van der Waals surface area contributed by atoms with Crippen molar-refractivity contribution in [1.82, 2.24) is 5.32 Å². The number of carbonyl (C=O) groups is 1. The molecule has 0 fully saturated rings. The molecule has 0 heterocycles. The van der Waals surface area contributed by atoms with Gasteiger partial charge in [-0.15, -0.1) is 0 Å². The molecule has 0 saturated carbocycles. The molecule has 0 aromatic heterocycles. The molecule has 0 unspecified atom stereocenters. The number of aliphatic hydroxyl groups is 1. The van der Waals surface area contributed by atoms with Crippen LogP contribution in [0.4, 0.5) is 13.2 Å². The van der Waals surface area contributed by atoms with Gasteiger partial charge >= 0.3 is 6.18 Å². The molecule has 0 aliphatic heterocycles. The largest absolute Gasteiger partial charge is 0.416 e. The quantitative estimate of drug-likeness (QED) is 0.911. The van der Waals surface area contributed by atoms with Gasteiger partial charge in [0.15, 0.2) is 0 Å². The zero-order chi connectivity index (χ0) is 16.2. The highest BCUT2D eigenvalue weighted by molar-refractivity contribution is 5.94. The van der Waals surface area contributed by atoms with E-state index in [1.165, 1.54) is 12.1 Å². The van der Waals surface area contributed by atoms with E-state index < -0.39 is 23.8 Å². The zero-order valence-corrected chi connectivity index (χ0v) is 11.5. The second-order valence-corrected chi connectivity index (χ2v) is 4.72. The molecule has 2 rings (SSSR count). The first-order valence-corrected chi connectivity index (χ1v) is 6.56. The molecule has 0 spiro atoms. The predicted molar refractivity (Wildman–Crippen MR) is 75.2 cm³/mol. The summed E-state index contributed by atoms with van der Waals surface area (Å²) in [6, 6.07) is 12.8. The third-order valence-electron chi connectivity index (χ3n) is 3.09. The average molecular weight is 309 g/mol. The Kier molecular flexibility index (Phi) is 4.82. The minimum absolute atomic E-state index is 0.100. The first-order valence-electron chi connectivity index (χ1n) is 6.56. The summed E-state index contributed by atoms with van der Waals surface area (Å²) in [5.41, 5.74) is -0.319. The van der Waals surface area contributed by atoms with E-state index in [1.807, 2.05) is 0 Å². The van der Waals surface area contributed by atoms with Crippen molar-refractivity contribution in [1.29, 1.82) is 0 Å². The van der Waals surface area contributed by atoms with Crippen molar-refractivity contribution in [2.45, 2.75) is 12.3 Å². The topological polar surface area (TPSA) is 49.3 Å². The van der Waals surface area contributed by atoms with Crippen LogP contribution in [0.3, 0.4) is 0 Å². The molecule has 2 N–H and O–H groups in total. The van der Waals surface area contributed by atoms with Crippen LogP contribution in [0.2, 0.25) is 0 Å². The van der Waals surface area contributed by atoms with Gasteiger partial charge in [-0.2, -0.15) is 13.2 Å². The summed E-state index contributed by atoms with van der Waals surface area (Å²) in [6.07, 6.45) is -5.68. The number of amides is 1. The van der Waals surface area contributed by atoms with E-state index in [2.05, 4.69) is 5.32 Å². The number of hydrogen-bond donors (Lipinski definition) is 2. The van der Waals surface area contributed by atoms with E-state index in [0.717, 1.165) is 12.1 Å². The Labute approximate surface area is 125 Å². The van der Waals surface area contributed by atoms with E-state index >= 15 is 0 Å². The van der Waals surface area contributed by atoms with Crippen molar-refractivity contribution >= 4 is 5.91 Å². The fourth-order valence-electron chi connectivity index (χ4n) is 1.92. The van der Waals surface area contributed by atoms with Gasteiger partial charge in [0, 0.05) is 12.1 Å². The maximum atomic E-state index is 12.6. The van der Waals surface area contributed by atoms with Gasteiger partial charge in [0.25, 0.3) is 5.91 Å². The SMILES string of the molecule is O=C(NC[C@H](O)c1cccc(C(F)(F)F)c1)c1ccccc1. The predicted octanol–water partition coefficient (Wildman–Crippen LogP) is 3.17. The number of aliphatic hydroxyl groups excluding tert-OH is 1. The highest BCUT2D eigenvalue weighted by Gasteiger charge is 2.30. The van der Waals surface area contributed by atoms with Gasteiger partial charge in [0.2, 0.25) is 0 Å². The van der Waals surface area contributed by atoms with Crippen molar-refractivity contribution in [3.63, 3.8) is 0 Å². The van der Waals surface area contributed by atoms with Crippen LogP contribution in [-0.2, 0) is 6.18 Å². The summed E-state index contributed by atoms with van der Waals surface area (Å²) in [5, 5.41) is 12.4. The molecular formula is C16H14F3NO2. The summed E-state index contributed by atoms with van der Waals surface area (Å²) in [5.74, 6) is -0.397. The fourth-order valence-corrected chi connectivity index (χ4v) is 1.92. The van der Waals surface area contributed by atoms with Crippen LogP contribution in [0.5, 0.6) is 0 Å². The van der Waals surface area contributed by atoms with Gasteiger partial charge in [-0.1, -0.05) is 30.3 Å². The average Bonchev–Trinajstić information content (AvgIpc) is 2.52. The van der Waals surface area contributed by atoms with E-state index in [9.17, 15) is 23.1 Å². The van der Waals surface area contributed by atoms with E-state index in [0.29, 0.717) is 5.56 Å². The molecule has 6 heteroatoms. The first kappa shape index (κ1) is 16.0. The first-order chi connectivity index (χ1) is 10.4. The lowest BCUT2D eigenvalue weighted by molar-refractivity contribution is -0.137. The maximum Gasteiger partial charge on any atom is 0.416 e. The number of carbonyl (C=O) groups excluding carboxylic acids is 1. The third kappa shape index (κ3) is 4.08. The van der Waals surface area contributed by atoms with Crippen LogP contribution in [0.25, 0.3) is 0 Å². The summed E-state index contributed by atoms with van der Waals surface area (Å²) < 4.78 is 37.8. The number of alkyl halides is 3. The highest BCUT2D eigenvalue weighted by Crippen LogP contribution is 2.30. The fraction of sp³-hybridized carbons (Fsp3) is 0.188. The van der Waals surface area contributed by atoms with Crippen LogP contribution >= 0.6 is 0 Å². The van der Waals surface area contributed by atoms with Crippen molar-refractivity contribution in [3.05, 3.63) is 71.3 Å². The van der Waals surface area contributed by atoms with Crippen molar-refractivity contribution in [3.8, 4) is 0 Å². The number of halogens is 3. The molecule has 116 valence electrons. The van der Waals surface area contributed by atoms with Crippen molar-refractivity contribution in [2.24, 2.45) is 0 Å². The van der Waals surface area contributed by atoms with Crippen LogP contribution < -0.4 is 5.32 Å². The van der Waals surface area contributed by atoms with Gasteiger partial charge in [0.05, 0.1) is 11.7 Å². The number of hydrogen-bond acceptors (Lipinski definition) is 2. The molecule has 1 atom stereocenters. The lowest BCUT2D eigenvalue weighted by atomic mass is 10.1. The van der Waals surface area contributed by atoms with E-state index in [1.54, 1.807) is 30.3 Å². The summed E-state index contributed by atoms with van der Waals surface area (Å²) in [4.78, 5) is 11.8. The van der Waals surface area contributed by atoms with E-state index in [-0.39, 0.29) is 12.1 Å². The minimum atomic E-state index is -4.47. The van der Waals surface area contributed by atoms with Crippen molar-refractivity contribution in [2.75, 3.05) is 6.54 Å². The van der Waals surface area contributed by atoms with Crippen LogP contribution in [-0.4, -0.2) is 17.6 Å². The van der Waals surface area contributed by atoms with Crippen LogP contribution in [0, 0.1) is 0 Å². The standard InChI is InChI=1S/C16H14F3NO2/c17-16(18,19)13-8-4-7-12(9-13)14(21)10-20-15(22)11-5-2-1-3-6-11/h1-9,14,21H,10H2,(H,20,22)/t14-/m0/s1. The normalized spacial score (nSPS) is 12.7. The second-order valence-electron chi connectivity index (χ2n) is 4.72. The Morgan fingerprint density at radius 2 is 1.77 bits per heavy atom. The monoisotopic (exact) mass is 309 g/mol. The molecule has 0 radical (unpaired) electrons. The molecule has 3 nitrogen and oxygen atoms in total. The number of rotatable bonds is 4. The Morgan fingerprint density at radius 1 is 1.09 bits per heavy atom. The molecule has 0 saturated heterocycles. The summed E-state index contributed by atoms with van der Waals surface area (Å²) in [6.45, 7) is -0.172. The Balaban J connectivity index is 2.01. The molecule has 1 amide bonds. The molecule has 2 aromatic rings. The Hall–Kier alpha value is -2.34. The van der Waals surface area contributed by atoms with Crippen LogP contribution in [0.1, 0.15) is 27.6 Å². The van der Waals surface area contributed by atoms with Crippen LogP contribution in [0.15, 0.2) is 54.6 Å². The molecule has 0 bridgehead atoms. The second kappa shape index (κ2) is 6.62. The molecule has 22 heavy (non-hydrogen) atoms. The third-order valence-corrected chi connectivity index (χ3v) is 3.09. The molecule has 2 aromatic carbocycles. The lowest BCUT2D eigenvalue weighted by Crippen LogP contribution is -2.28. The van der Waals surface area contributed by atoms with Gasteiger partial charge in [-0.25, -0.2) is 0 Å². The maximum absolute atomic E-state index is 12.6. The molecular weight excluding hydrogens is 295 g/mol. The Morgan fingerprint density at radius 3 is 2.41 bits per heavy atom. The molecule has 0 aliphatic carbocycles. The number of benzene rings is 2. The number of nitrogens with one attached hydrogen (secondary N) is 1.